The number of benzene rings is 3. The van der Waals surface area contributed by atoms with E-state index in [0.717, 1.165) is 16.3 Å². The second kappa shape index (κ2) is 7.86. The Morgan fingerprint density at radius 3 is 2.00 bits per heavy atom. The molecule has 0 saturated heterocycles. The van der Waals surface area contributed by atoms with Crippen LogP contribution >= 0.6 is 19.5 Å². The maximum atomic E-state index is 6.62. The van der Waals surface area contributed by atoms with Gasteiger partial charge >= 0.3 is 0 Å². The average molecular weight is 378 g/mol. The lowest BCUT2D eigenvalue weighted by atomic mass is 10.1. The largest absolute Gasteiger partial charge is 0.365 e. The summed E-state index contributed by atoms with van der Waals surface area (Å²) in [6.45, 7) is 0. The summed E-state index contributed by atoms with van der Waals surface area (Å²) >= 11 is 6.62. The predicted octanol–water partition coefficient (Wildman–Crippen LogP) is 4.68. The monoisotopic (exact) mass is 377 g/mol. The van der Waals surface area contributed by atoms with Crippen molar-refractivity contribution in [1.82, 2.24) is 5.16 Å². The highest BCUT2D eigenvalue weighted by Gasteiger charge is 2.21. The molecule has 0 unspecified atom stereocenters. The van der Waals surface area contributed by atoms with E-state index in [1.165, 1.54) is 15.9 Å². The third-order valence-corrected chi connectivity index (χ3v) is 7.10. The number of nitrogens with zero attached hydrogens (tertiary/aromatic N) is 1. The van der Waals surface area contributed by atoms with Gasteiger partial charge in [0.05, 0.1) is 5.69 Å². The molecule has 0 bridgehead atoms. The number of aromatic nitrogens is 1. The summed E-state index contributed by atoms with van der Waals surface area (Å²) < 4.78 is 5.01. The van der Waals surface area contributed by atoms with Gasteiger partial charge in [-0.25, -0.2) is 0 Å². The van der Waals surface area contributed by atoms with Gasteiger partial charge in [0.2, 0.25) is 0 Å². The molecule has 0 spiro atoms. The van der Waals surface area contributed by atoms with Crippen LogP contribution in [0.2, 0.25) is 5.02 Å². The van der Waals surface area contributed by atoms with Crippen molar-refractivity contribution in [3.63, 3.8) is 0 Å². The normalized spacial score (nSPS) is 11.0. The maximum absolute atomic E-state index is 6.62. The van der Waals surface area contributed by atoms with Gasteiger partial charge in [0.1, 0.15) is 6.26 Å². The Labute approximate surface area is 159 Å². The van der Waals surface area contributed by atoms with Crippen molar-refractivity contribution in [1.29, 1.82) is 0 Å². The van der Waals surface area contributed by atoms with E-state index in [0.29, 0.717) is 6.42 Å². The summed E-state index contributed by atoms with van der Waals surface area (Å²) in [5.74, 6) is 0. The summed E-state index contributed by atoms with van der Waals surface area (Å²) in [5, 5.41) is 8.70. The lowest BCUT2D eigenvalue weighted by molar-refractivity contribution is 0.413. The van der Waals surface area contributed by atoms with Gasteiger partial charge in [0, 0.05) is 17.5 Å². The first-order valence-electron chi connectivity index (χ1n) is 8.40. The Morgan fingerprint density at radius 2 is 1.42 bits per heavy atom. The van der Waals surface area contributed by atoms with Gasteiger partial charge < -0.3 is 4.52 Å². The second-order valence-corrected chi connectivity index (χ2v) is 8.50. The minimum Gasteiger partial charge on any atom is -0.365 e. The summed E-state index contributed by atoms with van der Waals surface area (Å²) in [6.07, 6.45) is 2.26. The Bertz CT molecular complexity index is 932. The third-order valence-electron chi connectivity index (χ3n) is 4.21. The number of hydrogen-bond donors (Lipinski definition) is 0. The number of hydrogen-bond acceptors (Lipinski definition) is 2. The van der Waals surface area contributed by atoms with Gasteiger partial charge in [0.25, 0.3) is 0 Å². The van der Waals surface area contributed by atoms with Crippen LogP contribution in [0.3, 0.4) is 0 Å². The Morgan fingerprint density at radius 1 is 0.769 bits per heavy atom. The van der Waals surface area contributed by atoms with Crippen LogP contribution in [0, 0.1) is 0 Å². The zero-order valence-electron chi connectivity index (χ0n) is 14.0. The highest BCUT2D eigenvalue weighted by Crippen LogP contribution is 2.36. The van der Waals surface area contributed by atoms with Crippen molar-refractivity contribution in [2.24, 2.45) is 0 Å². The number of rotatable bonds is 5. The van der Waals surface area contributed by atoms with Crippen molar-refractivity contribution in [2.45, 2.75) is 6.42 Å². The molecule has 3 aromatic carbocycles. The van der Waals surface area contributed by atoms with Gasteiger partial charge in [-0.1, -0.05) is 89.6 Å². The molecular weight excluding hydrogens is 361 g/mol. The molecule has 0 atom stereocenters. The molecule has 26 heavy (non-hydrogen) atoms. The van der Waals surface area contributed by atoms with E-state index in [9.17, 15) is 0 Å². The highest BCUT2D eigenvalue weighted by molar-refractivity contribution is 7.79. The van der Waals surface area contributed by atoms with Gasteiger partial charge in [0.15, 0.2) is 0 Å². The van der Waals surface area contributed by atoms with Crippen LogP contribution in [0.25, 0.3) is 0 Å². The molecule has 4 rings (SSSR count). The van der Waals surface area contributed by atoms with Gasteiger partial charge in [-0.3, -0.25) is 0 Å². The first kappa shape index (κ1) is 17.0. The first-order valence-corrected chi connectivity index (χ1v) is 10.1. The molecule has 0 saturated carbocycles. The molecule has 0 radical (unpaired) electrons. The van der Waals surface area contributed by atoms with Crippen LogP contribution in [-0.4, -0.2) is 5.16 Å². The van der Waals surface area contributed by atoms with Crippen LogP contribution in [0.1, 0.15) is 11.3 Å². The van der Waals surface area contributed by atoms with Crippen LogP contribution in [0.15, 0.2) is 95.7 Å². The fraction of sp³-hybridized carbons (Fsp3) is 0.0455. The molecular formula is C22H17ClNOP. The lowest BCUT2D eigenvalue weighted by Crippen LogP contribution is -2.23. The molecule has 0 N–H and O–H groups in total. The predicted molar refractivity (Wildman–Crippen MR) is 109 cm³/mol. The first-order chi connectivity index (χ1) is 12.8. The van der Waals surface area contributed by atoms with Crippen molar-refractivity contribution in [3.05, 3.63) is 107 Å². The number of halogens is 1. The summed E-state index contributed by atoms with van der Waals surface area (Å²) in [5.41, 5.74) is 2.00. The molecule has 0 aliphatic heterocycles. The minimum absolute atomic E-state index is 0.657. The van der Waals surface area contributed by atoms with Crippen LogP contribution in [0.4, 0.5) is 0 Å². The van der Waals surface area contributed by atoms with Crippen LogP contribution in [-0.2, 0) is 6.42 Å². The Balaban J connectivity index is 1.88. The van der Waals surface area contributed by atoms with Gasteiger partial charge in [-0.15, -0.1) is 0 Å². The van der Waals surface area contributed by atoms with Gasteiger partial charge in [-0.05, 0) is 35.5 Å². The lowest BCUT2D eigenvalue weighted by Gasteiger charge is -2.22. The smallest absolute Gasteiger partial charge is 0.124 e. The highest BCUT2D eigenvalue weighted by atomic mass is 35.5. The molecule has 0 amide bonds. The molecule has 0 fully saturated rings. The molecule has 4 aromatic rings. The van der Waals surface area contributed by atoms with E-state index >= 15 is 0 Å². The average Bonchev–Trinajstić information content (AvgIpc) is 3.20. The van der Waals surface area contributed by atoms with Crippen molar-refractivity contribution in [2.75, 3.05) is 0 Å². The van der Waals surface area contributed by atoms with E-state index in [1.807, 2.05) is 18.2 Å². The van der Waals surface area contributed by atoms with Crippen LogP contribution < -0.4 is 15.9 Å². The quantitative estimate of drug-likeness (QED) is 0.472. The minimum atomic E-state index is -0.708. The van der Waals surface area contributed by atoms with Crippen LogP contribution in [0.5, 0.6) is 0 Å². The standard InChI is InChI=1S/C22H17ClNOP/c23-21-12-7-13-22(20(21)16-17-14-15-25-24-17)26(18-8-3-1-4-9-18)19-10-5-2-6-11-19/h1-15H,16H2. The molecule has 128 valence electrons. The fourth-order valence-corrected chi connectivity index (χ4v) is 5.83. The van der Waals surface area contributed by atoms with E-state index in [1.54, 1.807) is 6.26 Å². The summed E-state index contributed by atoms with van der Waals surface area (Å²) in [6, 6.07) is 29.3. The summed E-state index contributed by atoms with van der Waals surface area (Å²) in [7, 11) is -0.708. The van der Waals surface area contributed by atoms with E-state index in [4.69, 9.17) is 16.1 Å². The third kappa shape index (κ3) is 3.58. The van der Waals surface area contributed by atoms with Crippen molar-refractivity contribution < 1.29 is 4.52 Å². The van der Waals surface area contributed by atoms with E-state index in [-0.39, 0.29) is 0 Å². The van der Waals surface area contributed by atoms with E-state index in [2.05, 4.69) is 71.9 Å². The molecule has 1 heterocycles. The second-order valence-electron chi connectivity index (χ2n) is 5.91. The SMILES string of the molecule is Clc1cccc(P(c2ccccc2)c2ccccc2)c1Cc1ccon1. The molecule has 2 nitrogen and oxygen atoms in total. The fourth-order valence-electron chi connectivity index (χ4n) is 3.02. The zero-order valence-corrected chi connectivity index (χ0v) is 15.7. The molecule has 0 aliphatic carbocycles. The Kier molecular flexibility index (Phi) is 5.15. The Hall–Kier alpha value is -2.41. The molecule has 4 heteroatoms. The zero-order chi connectivity index (χ0) is 17.8. The topological polar surface area (TPSA) is 26.0 Å². The van der Waals surface area contributed by atoms with Crippen molar-refractivity contribution >= 4 is 35.4 Å². The molecule has 0 aliphatic rings. The maximum Gasteiger partial charge on any atom is 0.124 e. The summed E-state index contributed by atoms with van der Waals surface area (Å²) in [4.78, 5) is 0. The molecule has 1 aromatic heterocycles. The van der Waals surface area contributed by atoms with Crippen molar-refractivity contribution in [3.8, 4) is 0 Å². The van der Waals surface area contributed by atoms with Gasteiger partial charge in [-0.2, -0.15) is 0 Å². The van der Waals surface area contributed by atoms with E-state index < -0.39 is 7.92 Å².